The van der Waals surface area contributed by atoms with E-state index < -0.39 is 5.41 Å². The molecule has 0 unspecified atom stereocenters. The van der Waals surface area contributed by atoms with Crippen LogP contribution in [0.15, 0.2) is 0 Å². The van der Waals surface area contributed by atoms with E-state index in [1.165, 1.54) is 0 Å². The second kappa shape index (κ2) is 3.85. The highest BCUT2D eigenvalue weighted by molar-refractivity contribution is 7.80. The molecule has 0 aliphatic carbocycles. The molecule has 0 atom stereocenters. The minimum Gasteiger partial charge on any atom is -0.392 e. The van der Waals surface area contributed by atoms with Gasteiger partial charge in [-0.2, -0.15) is 0 Å². The topological polar surface area (TPSA) is 46.3 Å². The van der Waals surface area contributed by atoms with Crippen molar-refractivity contribution < 1.29 is 4.79 Å². The second-order valence-electron chi connectivity index (χ2n) is 3.31. The van der Waals surface area contributed by atoms with Gasteiger partial charge in [-0.15, -0.1) is 0 Å². The number of hydrogen-bond acceptors (Lipinski definition) is 2. The Morgan fingerprint density at radius 3 is 2.25 bits per heavy atom. The monoisotopic (exact) mass is 188 g/mol. The molecule has 0 aromatic rings. The summed E-state index contributed by atoms with van der Waals surface area (Å²) in [5.74, 6) is -0.0301. The molecule has 0 aromatic heterocycles. The lowest BCUT2D eigenvalue weighted by Gasteiger charge is -2.27. The lowest BCUT2D eigenvalue weighted by Crippen LogP contribution is -2.45. The molecule has 0 fully saturated rings. The number of nitrogens with zero attached hydrogens (tertiary/aromatic N) is 1. The Bertz CT molecular complexity index is 201. The van der Waals surface area contributed by atoms with Crippen molar-refractivity contribution >= 4 is 23.1 Å². The van der Waals surface area contributed by atoms with Crippen LogP contribution in [0.3, 0.4) is 0 Å². The van der Waals surface area contributed by atoms with Crippen molar-refractivity contribution in [1.29, 1.82) is 0 Å². The van der Waals surface area contributed by atoms with Crippen molar-refractivity contribution in [2.24, 2.45) is 11.1 Å². The van der Waals surface area contributed by atoms with Gasteiger partial charge in [0.1, 0.15) is 0 Å². The fourth-order valence-electron chi connectivity index (χ4n) is 0.726. The fraction of sp³-hybridized carbons (Fsp3) is 0.750. The molecule has 1 amide bonds. The van der Waals surface area contributed by atoms with Gasteiger partial charge in [0.2, 0.25) is 5.91 Å². The Balaban J connectivity index is 4.57. The summed E-state index contributed by atoms with van der Waals surface area (Å²) >= 11 is 4.81. The van der Waals surface area contributed by atoms with E-state index in [1.54, 1.807) is 25.8 Å². The van der Waals surface area contributed by atoms with Crippen molar-refractivity contribution in [2.75, 3.05) is 13.6 Å². The molecule has 0 heterocycles. The molecule has 4 heteroatoms. The van der Waals surface area contributed by atoms with E-state index in [0.29, 0.717) is 6.54 Å². The molecule has 0 radical (unpaired) electrons. The lowest BCUT2D eigenvalue weighted by molar-refractivity contribution is -0.135. The highest BCUT2D eigenvalue weighted by Crippen LogP contribution is 2.18. The summed E-state index contributed by atoms with van der Waals surface area (Å²) in [5, 5.41) is 0. The van der Waals surface area contributed by atoms with Crippen LogP contribution >= 0.6 is 12.2 Å². The van der Waals surface area contributed by atoms with E-state index in [9.17, 15) is 4.79 Å². The highest BCUT2D eigenvalue weighted by Gasteiger charge is 2.32. The molecule has 0 saturated heterocycles. The average Bonchev–Trinajstić information content (AvgIpc) is 2.01. The smallest absolute Gasteiger partial charge is 0.234 e. The number of amides is 1. The first-order chi connectivity index (χ1) is 5.34. The number of hydrogen-bond donors (Lipinski definition) is 1. The molecule has 0 spiro atoms. The van der Waals surface area contributed by atoms with Crippen LogP contribution in [-0.2, 0) is 4.79 Å². The van der Waals surface area contributed by atoms with Crippen LogP contribution in [0.4, 0.5) is 0 Å². The Kier molecular flexibility index (Phi) is 3.64. The largest absolute Gasteiger partial charge is 0.392 e. The van der Waals surface area contributed by atoms with Crippen molar-refractivity contribution in [3.63, 3.8) is 0 Å². The zero-order chi connectivity index (χ0) is 9.94. The third-order valence-electron chi connectivity index (χ3n) is 1.97. The van der Waals surface area contributed by atoms with Gasteiger partial charge in [-0.05, 0) is 20.8 Å². The molecule has 12 heavy (non-hydrogen) atoms. The summed E-state index contributed by atoms with van der Waals surface area (Å²) in [4.78, 5) is 13.4. The molecule has 0 rings (SSSR count). The molecule has 0 aliphatic heterocycles. The molecule has 0 aromatic carbocycles. The predicted octanol–water partition coefficient (Wildman–Crippen LogP) is 0.777. The maximum absolute atomic E-state index is 11.6. The number of thiocarbonyl (C=S) groups is 1. The van der Waals surface area contributed by atoms with Gasteiger partial charge in [-0.3, -0.25) is 4.79 Å². The van der Waals surface area contributed by atoms with Gasteiger partial charge in [0.25, 0.3) is 0 Å². The molecule has 70 valence electrons. The number of carbonyl (C=O) groups excluding carboxylic acids is 1. The quantitative estimate of drug-likeness (QED) is 0.666. The van der Waals surface area contributed by atoms with Crippen LogP contribution in [0.5, 0.6) is 0 Å². The van der Waals surface area contributed by atoms with Crippen LogP contribution in [0.2, 0.25) is 0 Å². The van der Waals surface area contributed by atoms with E-state index in [-0.39, 0.29) is 10.9 Å². The molecular formula is C8H16N2OS. The first kappa shape index (κ1) is 11.4. The van der Waals surface area contributed by atoms with E-state index in [4.69, 9.17) is 18.0 Å². The summed E-state index contributed by atoms with van der Waals surface area (Å²) in [6.45, 7) is 6.06. The predicted molar refractivity (Wildman–Crippen MR) is 53.9 cm³/mol. The molecule has 0 bridgehead atoms. The van der Waals surface area contributed by atoms with Crippen LogP contribution in [0.25, 0.3) is 0 Å². The summed E-state index contributed by atoms with van der Waals surface area (Å²) in [6, 6.07) is 0. The summed E-state index contributed by atoms with van der Waals surface area (Å²) in [7, 11) is 1.74. The van der Waals surface area contributed by atoms with Crippen LogP contribution in [-0.4, -0.2) is 29.4 Å². The summed E-state index contributed by atoms with van der Waals surface area (Å²) < 4.78 is 0. The SMILES string of the molecule is CCN(C)C(=O)C(C)(C)C(N)=S. The van der Waals surface area contributed by atoms with Gasteiger partial charge in [0.15, 0.2) is 0 Å². The molecule has 2 N–H and O–H groups in total. The average molecular weight is 188 g/mol. The normalized spacial score (nSPS) is 11.0. The van der Waals surface area contributed by atoms with Gasteiger partial charge in [-0.25, -0.2) is 0 Å². The zero-order valence-electron chi connectivity index (χ0n) is 8.05. The summed E-state index contributed by atoms with van der Waals surface area (Å²) in [5.41, 5.74) is 4.73. The van der Waals surface area contributed by atoms with Crippen molar-refractivity contribution in [2.45, 2.75) is 20.8 Å². The highest BCUT2D eigenvalue weighted by atomic mass is 32.1. The van der Waals surface area contributed by atoms with Crippen LogP contribution in [0.1, 0.15) is 20.8 Å². The van der Waals surface area contributed by atoms with Crippen molar-refractivity contribution in [1.82, 2.24) is 4.90 Å². The minimum atomic E-state index is -0.722. The zero-order valence-corrected chi connectivity index (χ0v) is 8.86. The van der Waals surface area contributed by atoms with E-state index in [0.717, 1.165) is 0 Å². The van der Waals surface area contributed by atoms with Gasteiger partial charge in [-0.1, -0.05) is 12.2 Å². The Hall–Kier alpha value is -0.640. The van der Waals surface area contributed by atoms with Crippen LogP contribution in [0, 0.1) is 5.41 Å². The number of carbonyl (C=O) groups is 1. The number of nitrogens with two attached hydrogens (primary N) is 1. The lowest BCUT2D eigenvalue weighted by atomic mass is 9.92. The molecular weight excluding hydrogens is 172 g/mol. The number of rotatable bonds is 3. The Morgan fingerprint density at radius 2 is 2.00 bits per heavy atom. The molecule has 0 saturated carbocycles. The fourth-order valence-corrected chi connectivity index (χ4v) is 0.813. The Morgan fingerprint density at radius 1 is 1.58 bits per heavy atom. The van der Waals surface area contributed by atoms with Gasteiger partial charge >= 0.3 is 0 Å². The third-order valence-corrected chi connectivity index (χ3v) is 2.48. The van der Waals surface area contributed by atoms with Gasteiger partial charge < -0.3 is 10.6 Å². The van der Waals surface area contributed by atoms with E-state index in [2.05, 4.69) is 0 Å². The maximum atomic E-state index is 11.6. The van der Waals surface area contributed by atoms with Crippen molar-refractivity contribution in [3.05, 3.63) is 0 Å². The Labute approximate surface area is 78.9 Å². The third kappa shape index (κ3) is 2.17. The summed E-state index contributed by atoms with van der Waals surface area (Å²) in [6.07, 6.45) is 0. The van der Waals surface area contributed by atoms with Crippen LogP contribution < -0.4 is 5.73 Å². The van der Waals surface area contributed by atoms with E-state index in [1.807, 2.05) is 6.92 Å². The van der Waals surface area contributed by atoms with Gasteiger partial charge in [0.05, 0.1) is 10.4 Å². The first-order valence-corrected chi connectivity index (χ1v) is 4.30. The maximum Gasteiger partial charge on any atom is 0.234 e. The van der Waals surface area contributed by atoms with Crippen molar-refractivity contribution in [3.8, 4) is 0 Å². The van der Waals surface area contributed by atoms with E-state index >= 15 is 0 Å². The molecule has 3 nitrogen and oxygen atoms in total. The first-order valence-electron chi connectivity index (χ1n) is 3.89. The standard InChI is InChI=1S/C8H16N2OS/c1-5-10(4)7(11)8(2,3)6(9)12/h5H2,1-4H3,(H2,9,12). The molecule has 0 aliphatic rings. The second-order valence-corrected chi connectivity index (χ2v) is 3.75. The van der Waals surface area contributed by atoms with Gasteiger partial charge in [0, 0.05) is 13.6 Å². The minimum absolute atomic E-state index is 0.0301.